The Labute approximate surface area is 211 Å². The third-order valence-electron chi connectivity index (χ3n) is 4.76. The van der Waals surface area contributed by atoms with E-state index >= 15 is 0 Å². The maximum absolute atomic E-state index is 13.0. The second kappa shape index (κ2) is 13.4. The first-order valence-electron chi connectivity index (χ1n) is 10.9. The third kappa shape index (κ3) is 6.95. The summed E-state index contributed by atoms with van der Waals surface area (Å²) in [7, 11) is 1.44. The van der Waals surface area contributed by atoms with Gasteiger partial charge in [-0.2, -0.15) is 0 Å². The second-order valence-corrected chi connectivity index (χ2v) is 8.75. The number of ketones is 1. The van der Waals surface area contributed by atoms with E-state index in [1.807, 2.05) is 6.92 Å². The van der Waals surface area contributed by atoms with Crippen LogP contribution in [0.25, 0.3) is 0 Å². The first-order valence-corrected chi connectivity index (χ1v) is 12.4. The summed E-state index contributed by atoms with van der Waals surface area (Å²) in [6, 6.07) is -1.03. The van der Waals surface area contributed by atoms with Crippen LogP contribution in [0.4, 0.5) is 0 Å². The van der Waals surface area contributed by atoms with E-state index in [0.717, 1.165) is 0 Å². The van der Waals surface area contributed by atoms with Gasteiger partial charge in [-0.1, -0.05) is 12.1 Å². The number of hydrogen-bond acceptors (Lipinski definition) is 11. The first-order chi connectivity index (χ1) is 16.7. The molecule has 0 aromatic heterocycles. The fourth-order valence-electron chi connectivity index (χ4n) is 3.26. The Morgan fingerprint density at radius 1 is 1.26 bits per heavy atom. The summed E-state index contributed by atoms with van der Waals surface area (Å²) in [5, 5.41) is 5.31. The average Bonchev–Trinajstić information content (AvgIpc) is 2.82. The number of hydrogen-bond donors (Lipinski definition) is 1. The minimum absolute atomic E-state index is 0.0375. The van der Waals surface area contributed by atoms with Gasteiger partial charge in [-0.3, -0.25) is 24.1 Å². The normalized spacial score (nSPS) is 20.4. The molecule has 0 aromatic rings. The maximum atomic E-state index is 13.0. The van der Waals surface area contributed by atoms with E-state index in [-0.39, 0.29) is 25.3 Å². The largest absolute Gasteiger partial charge is 0.425 e. The molecule has 1 saturated heterocycles. The van der Waals surface area contributed by atoms with Crippen LogP contribution in [0.2, 0.25) is 0 Å². The smallest absolute Gasteiger partial charge is 0.358 e. The zero-order valence-electron chi connectivity index (χ0n) is 19.8. The van der Waals surface area contributed by atoms with E-state index in [9.17, 15) is 24.0 Å². The van der Waals surface area contributed by atoms with Crippen molar-refractivity contribution >= 4 is 58.6 Å². The van der Waals surface area contributed by atoms with Gasteiger partial charge >= 0.3 is 11.9 Å². The first kappa shape index (κ1) is 28.6. The fourth-order valence-corrected chi connectivity index (χ4v) is 4.71. The topological polar surface area (TPSA) is 150 Å². The number of halogens is 1. The lowest BCUT2D eigenvalue weighted by molar-refractivity contribution is -0.184. The van der Waals surface area contributed by atoms with Gasteiger partial charge in [0, 0.05) is 26.2 Å². The predicted molar refractivity (Wildman–Crippen MR) is 125 cm³/mol. The highest BCUT2D eigenvalue weighted by Crippen LogP contribution is 2.40. The molecule has 2 heterocycles. The number of methoxy groups -OCH3 is 1. The Balaban J connectivity index is 2.18. The Morgan fingerprint density at radius 3 is 2.57 bits per heavy atom. The van der Waals surface area contributed by atoms with Crippen LogP contribution in [0, 0.1) is 0 Å². The molecule has 0 radical (unpaired) electrons. The van der Waals surface area contributed by atoms with Crippen molar-refractivity contribution in [1.29, 1.82) is 0 Å². The Kier molecular flexibility index (Phi) is 11.0. The molecule has 0 aliphatic carbocycles. The SMILES string of the molecule is CCCC(=O)OC(C)OC(=O)C1=C(COC)CS[C@@H]2C(NC(=O)C(=NOCC)C(=O)CCl)C(=O)N12. The van der Waals surface area contributed by atoms with Gasteiger partial charge < -0.3 is 24.4 Å². The number of Topliss-reactive ketones (excluding diaryl/α,β-unsaturated/α-hetero) is 1. The summed E-state index contributed by atoms with van der Waals surface area (Å²) in [5.41, 5.74) is -0.101. The molecule has 0 bridgehead atoms. The molecule has 0 aromatic carbocycles. The van der Waals surface area contributed by atoms with E-state index in [4.69, 9.17) is 30.6 Å². The molecular weight excluding hydrogens is 506 g/mol. The quantitative estimate of drug-likeness (QED) is 0.0682. The summed E-state index contributed by atoms with van der Waals surface area (Å²) >= 11 is 6.83. The molecule has 0 spiro atoms. The molecule has 1 N–H and O–H groups in total. The maximum Gasteiger partial charge on any atom is 0.358 e. The van der Waals surface area contributed by atoms with Crippen molar-refractivity contribution in [2.75, 3.05) is 32.0 Å². The molecule has 194 valence electrons. The fraction of sp³-hybridized carbons (Fsp3) is 0.619. The standard InChI is InChI=1S/C21H28ClN3O9S/c1-5-7-14(27)33-11(3)34-21(30)17-12(9-31-4)10-35-20-16(19(29)25(17)20)23-18(28)15(13(26)8-22)24-32-6-2/h11,16,20H,5-10H2,1-4H3,(H,23,28)/t11?,16?,20-/m1/s1. The van der Waals surface area contributed by atoms with Crippen LogP contribution < -0.4 is 5.32 Å². The molecule has 2 unspecified atom stereocenters. The lowest BCUT2D eigenvalue weighted by Crippen LogP contribution is -2.71. The van der Waals surface area contributed by atoms with E-state index in [2.05, 4.69) is 10.5 Å². The summed E-state index contributed by atoms with van der Waals surface area (Å²) in [6.45, 7) is 5.00. The van der Waals surface area contributed by atoms with Gasteiger partial charge in [0.05, 0.1) is 12.5 Å². The summed E-state index contributed by atoms with van der Waals surface area (Å²) in [4.78, 5) is 68.2. The number of esters is 2. The van der Waals surface area contributed by atoms with Crippen molar-refractivity contribution in [3.05, 3.63) is 11.3 Å². The van der Waals surface area contributed by atoms with Crippen LogP contribution in [0.15, 0.2) is 16.4 Å². The number of carbonyl (C=O) groups excluding carboxylic acids is 5. The van der Waals surface area contributed by atoms with Crippen LogP contribution in [0.3, 0.4) is 0 Å². The Morgan fingerprint density at radius 2 is 1.97 bits per heavy atom. The van der Waals surface area contributed by atoms with E-state index in [0.29, 0.717) is 17.7 Å². The molecule has 2 rings (SSSR count). The summed E-state index contributed by atoms with van der Waals surface area (Å²) < 4.78 is 15.5. The highest BCUT2D eigenvalue weighted by molar-refractivity contribution is 8.00. The molecule has 3 atom stereocenters. The number of fused-ring (bicyclic) bond motifs is 1. The number of ether oxygens (including phenoxy) is 3. The van der Waals surface area contributed by atoms with Gasteiger partial charge in [-0.25, -0.2) is 4.79 Å². The number of β-lactam (4-membered cyclic amide) rings is 1. The predicted octanol–water partition coefficient (Wildman–Crippen LogP) is 0.720. The van der Waals surface area contributed by atoms with Crippen molar-refractivity contribution in [2.45, 2.75) is 51.3 Å². The highest BCUT2D eigenvalue weighted by atomic mass is 35.5. The van der Waals surface area contributed by atoms with Crippen LogP contribution >= 0.6 is 23.4 Å². The van der Waals surface area contributed by atoms with Crippen molar-refractivity contribution < 1.29 is 43.0 Å². The van der Waals surface area contributed by atoms with E-state index in [1.165, 1.54) is 30.7 Å². The number of nitrogens with zero attached hydrogens (tertiary/aromatic N) is 2. The number of alkyl halides is 1. The lowest BCUT2D eigenvalue weighted by Gasteiger charge is -2.49. The number of oxime groups is 1. The van der Waals surface area contributed by atoms with Crippen LogP contribution in [0.1, 0.15) is 33.6 Å². The molecule has 35 heavy (non-hydrogen) atoms. The highest BCUT2D eigenvalue weighted by Gasteiger charge is 2.55. The van der Waals surface area contributed by atoms with E-state index in [1.54, 1.807) is 6.92 Å². The molecule has 2 amide bonds. The van der Waals surface area contributed by atoms with Gasteiger partial charge in [0.1, 0.15) is 23.7 Å². The van der Waals surface area contributed by atoms with E-state index < -0.39 is 58.8 Å². The van der Waals surface area contributed by atoms with Crippen LogP contribution in [0.5, 0.6) is 0 Å². The molecule has 2 aliphatic heterocycles. The number of rotatable bonds is 13. The van der Waals surface area contributed by atoms with Crippen molar-refractivity contribution in [2.24, 2.45) is 5.16 Å². The molecule has 14 heteroatoms. The van der Waals surface area contributed by atoms with Gasteiger partial charge in [-0.15, -0.1) is 23.4 Å². The van der Waals surface area contributed by atoms with Gasteiger partial charge in [0.2, 0.25) is 17.8 Å². The number of carbonyl (C=O) groups is 5. The Bertz CT molecular complexity index is 924. The van der Waals surface area contributed by atoms with Crippen molar-refractivity contribution in [1.82, 2.24) is 10.2 Å². The summed E-state index contributed by atoms with van der Waals surface area (Å²) in [6.07, 6.45) is -0.424. The molecule has 2 aliphatic rings. The minimum atomic E-state index is -1.17. The average molecular weight is 534 g/mol. The zero-order chi connectivity index (χ0) is 26.1. The number of nitrogens with one attached hydrogen (secondary N) is 1. The molecule has 0 saturated carbocycles. The van der Waals surface area contributed by atoms with Gasteiger partial charge in [0.25, 0.3) is 11.8 Å². The zero-order valence-corrected chi connectivity index (χ0v) is 21.4. The monoisotopic (exact) mass is 533 g/mol. The number of thioether (sulfide) groups is 1. The lowest BCUT2D eigenvalue weighted by atomic mass is 10.0. The van der Waals surface area contributed by atoms with Crippen molar-refractivity contribution in [3.8, 4) is 0 Å². The number of amides is 2. The third-order valence-corrected chi connectivity index (χ3v) is 6.34. The van der Waals surface area contributed by atoms with Gasteiger partial charge in [0.15, 0.2) is 0 Å². The second-order valence-electron chi connectivity index (χ2n) is 7.37. The Hall–Kier alpha value is -2.64. The minimum Gasteiger partial charge on any atom is -0.425 e. The molecular formula is C21H28ClN3O9S. The van der Waals surface area contributed by atoms with Crippen molar-refractivity contribution in [3.63, 3.8) is 0 Å². The molecule has 12 nitrogen and oxygen atoms in total. The van der Waals surface area contributed by atoms with Crippen LogP contribution in [-0.4, -0.2) is 89.8 Å². The van der Waals surface area contributed by atoms with Gasteiger partial charge in [-0.05, 0) is 18.9 Å². The molecule has 1 fully saturated rings. The summed E-state index contributed by atoms with van der Waals surface area (Å²) in [5.74, 6) is -3.86. The van der Waals surface area contributed by atoms with Crippen LogP contribution in [-0.2, 0) is 43.0 Å².